The number of halogens is 1. The molecule has 0 unspecified atom stereocenters. The number of nitrogens with zero attached hydrogens (tertiary/aromatic N) is 2. The number of primary amides is 1. The van der Waals surface area contributed by atoms with Gasteiger partial charge in [-0.2, -0.15) is 4.98 Å². The Hall–Kier alpha value is -1.36. The zero-order chi connectivity index (χ0) is 9.14. The number of carbonyl (C=O) groups excluding carboxylic acids is 1. The van der Waals surface area contributed by atoms with E-state index in [1.165, 1.54) is 6.07 Å². The maximum atomic E-state index is 10.3. The topological polar surface area (TPSA) is 78.1 Å². The summed E-state index contributed by atoms with van der Waals surface area (Å²) in [5.74, 6) is 0.0556. The molecule has 6 heteroatoms. The lowest BCUT2D eigenvalue weighted by Gasteiger charge is -1.99. The lowest BCUT2D eigenvalue weighted by atomic mass is 10.4. The van der Waals surface area contributed by atoms with Crippen molar-refractivity contribution in [2.75, 3.05) is 0 Å². The van der Waals surface area contributed by atoms with E-state index in [2.05, 4.69) is 14.7 Å². The summed E-state index contributed by atoms with van der Waals surface area (Å²) in [7, 11) is 0. The van der Waals surface area contributed by atoms with Gasteiger partial charge in [0.1, 0.15) is 0 Å². The van der Waals surface area contributed by atoms with Crippen molar-refractivity contribution in [2.45, 2.75) is 6.92 Å². The highest BCUT2D eigenvalue weighted by Gasteiger charge is 2.03. The van der Waals surface area contributed by atoms with Crippen LogP contribution in [0.4, 0.5) is 4.79 Å². The van der Waals surface area contributed by atoms with E-state index in [1.54, 1.807) is 6.92 Å². The molecule has 0 atom stereocenters. The smallest absolute Gasteiger partial charge is 0.391 e. The summed E-state index contributed by atoms with van der Waals surface area (Å²) < 4.78 is 4.48. The second-order valence-electron chi connectivity index (χ2n) is 2.04. The first-order valence-corrected chi connectivity index (χ1v) is 3.44. The zero-order valence-corrected chi connectivity index (χ0v) is 7.00. The zero-order valence-electron chi connectivity index (χ0n) is 6.24. The van der Waals surface area contributed by atoms with Gasteiger partial charge in [0, 0.05) is 11.8 Å². The van der Waals surface area contributed by atoms with Gasteiger partial charge in [-0.1, -0.05) is 0 Å². The summed E-state index contributed by atoms with van der Waals surface area (Å²) in [6, 6.07) is 1.46. The Labute approximate surface area is 73.5 Å². The van der Waals surface area contributed by atoms with Crippen LogP contribution in [0.1, 0.15) is 5.69 Å². The van der Waals surface area contributed by atoms with Gasteiger partial charge in [0.15, 0.2) is 0 Å². The first kappa shape index (κ1) is 8.73. The van der Waals surface area contributed by atoms with Crippen LogP contribution in [0.15, 0.2) is 6.07 Å². The molecule has 0 aliphatic heterocycles. The van der Waals surface area contributed by atoms with Crippen LogP contribution < -0.4 is 10.5 Å². The van der Waals surface area contributed by atoms with Crippen molar-refractivity contribution in [1.29, 1.82) is 0 Å². The van der Waals surface area contributed by atoms with Gasteiger partial charge in [-0.25, -0.2) is 9.78 Å². The number of aromatic nitrogens is 2. The summed E-state index contributed by atoms with van der Waals surface area (Å²) >= 11 is 5.48. The molecule has 1 heterocycles. The van der Waals surface area contributed by atoms with Gasteiger partial charge in [0.25, 0.3) is 0 Å². The van der Waals surface area contributed by atoms with Crippen molar-refractivity contribution >= 4 is 17.7 Å². The highest BCUT2D eigenvalue weighted by atomic mass is 35.5. The average Bonchev–Trinajstić information content (AvgIpc) is 1.81. The number of hydrogen-bond donors (Lipinski definition) is 1. The third kappa shape index (κ3) is 2.35. The van der Waals surface area contributed by atoms with Crippen molar-refractivity contribution in [3.63, 3.8) is 0 Å². The second kappa shape index (κ2) is 3.36. The van der Waals surface area contributed by atoms with E-state index in [0.717, 1.165) is 0 Å². The lowest BCUT2D eigenvalue weighted by Crippen LogP contribution is -2.17. The Kier molecular flexibility index (Phi) is 2.44. The van der Waals surface area contributed by atoms with Crippen molar-refractivity contribution < 1.29 is 9.53 Å². The number of amides is 1. The molecule has 0 aliphatic carbocycles. The molecule has 0 radical (unpaired) electrons. The van der Waals surface area contributed by atoms with Crippen LogP contribution in [0, 0.1) is 6.92 Å². The molecule has 0 aromatic carbocycles. The van der Waals surface area contributed by atoms with E-state index in [9.17, 15) is 4.79 Å². The quantitative estimate of drug-likeness (QED) is 0.663. The maximum absolute atomic E-state index is 10.3. The van der Waals surface area contributed by atoms with E-state index in [-0.39, 0.29) is 11.2 Å². The predicted octanol–water partition coefficient (Wildman–Crippen LogP) is 0.896. The van der Waals surface area contributed by atoms with Crippen molar-refractivity contribution in [3.05, 3.63) is 17.0 Å². The van der Waals surface area contributed by atoms with Crippen molar-refractivity contribution in [1.82, 2.24) is 9.97 Å². The van der Waals surface area contributed by atoms with E-state index in [4.69, 9.17) is 17.3 Å². The predicted molar refractivity (Wildman–Crippen MR) is 42.0 cm³/mol. The summed E-state index contributed by atoms with van der Waals surface area (Å²) in [4.78, 5) is 17.7. The lowest BCUT2D eigenvalue weighted by molar-refractivity contribution is 0.209. The molecule has 0 fully saturated rings. The minimum absolute atomic E-state index is 0.0197. The first-order chi connectivity index (χ1) is 5.58. The molecule has 1 amide bonds. The van der Waals surface area contributed by atoms with Crippen molar-refractivity contribution in [2.24, 2.45) is 5.73 Å². The Morgan fingerprint density at radius 3 is 2.83 bits per heavy atom. The number of rotatable bonds is 1. The summed E-state index contributed by atoms with van der Waals surface area (Å²) in [6.45, 7) is 1.70. The van der Waals surface area contributed by atoms with Crippen LogP contribution >= 0.6 is 11.6 Å². The fourth-order valence-electron chi connectivity index (χ4n) is 0.660. The minimum atomic E-state index is -0.927. The first-order valence-electron chi connectivity index (χ1n) is 3.06. The fourth-order valence-corrected chi connectivity index (χ4v) is 0.877. The fraction of sp³-hybridized carbons (Fsp3) is 0.167. The highest BCUT2D eigenvalue weighted by Crippen LogP contribution is 2.11. The van der Waals surface area contributed by atoms with Crippen LogP contribution in [0.3, 0.4) is 0 Å². The largest absolute Gasteiger partial charge is 0.411 e. The van der Waals surface area contributed by atoms with Crippen molar-refractivity contribution in [3.8, 4) is 5.88 Å². The van der Waals surface area contributed by atoms with E-state index in [1.807, 2.05) is 0 Å². The van der Waals surface area contributed by atoms with Crippen LogP contribution in [0.5, 0.6) is 5.88 Å². The molecule has 1 rings (SSSR count). The van der Waals surface area contributed by atoms with Crippen LogP contribution in [-0.2, 0) is 0 Å². The standard InChI is InChI=1S/C6H6ClN3O2/c1-3-2-4(12-6(8)11)10-5(7)9-3/h2H,1H3,(H2,8,11). The second-order valence-corrected chi connectivity index (χ2v) is 2.38. The molecule has 1 aromatic heterocycles. The maximum Gasteiger partial charge on any atom is 0.411 e. The number of aryl methyl sites for hydroxylation is 1. The number of nitrogens with two attached hydrogens (primary N) is 1. The molecule has 0 bridgehead atoms. The molecule has 12 heavy (non-hydrogen) atoms. The van der Waals surface area contributed by atoms with Gasteiger partial charge in [-0.15, -0.1) is 0 Å². The van der Waals surface area contributed by atoms with E-state index >= 15 is 0 Å². The molecular formula is C6H6ClN3O2. The monoisotopic (exact) mass is 187 g/mol. The third-order valence-corrected chi connectivity index (χ3v) is 1.18. The Balaban J connectivity index is 2.93. The average molecular weight is 188 g/mol. The molecule has 2 N–H and O–H groups in total. The van der Waals surface area contributed by atoms with Gasteiger partial charge in [-0.3, -0.25) is 0 Å². The van der Waals surface area contributed by atoms with Crippen LogP contribution in [0.2, 0.25) is 5.28 Å². The van der Waals surface area contributed by atoms with Crippen LogP contribution in [-0.4, -0.2) is 16.1 Å². The van der Waals surface area contributed by atoms with Gasteiger partial charge >= 0.3 is 6.09 Å². The summed E-state index contributed by atoms with van der Waals surface area (Å²) in [5, 5.41) is 0.0197. The molecule has 0 saturated heterocycles. The van der Waals surface area contributed by atoms with Crippen LogP contribution in [0.25, 0.3) is 0 Å². The SMILES string of the molecule is Cc1cc(OC(N)=O)nc(Cl)n1. The summed E-state index contributed by atoms with van der Waals surface area (Å²) in [5.41, 5.74) is 5.36. The number of ether oxygens (including phenoxy) is 1. The van der Waals surface area contributed by atoms with E-state index < -0.39 is 6.09 Å². The molecule has 64 valence electrons. The van der Waals surface area contributed by atoms with Gasteiger partial charge in [0.05, 0.1) is 0 Å². The van der Waals surface area contributed by atoms with Gasteiger partial charge in [-0.05, 0) is 18.5 Å². The minimum Gasteiger partial charge on any atom is -0.391 e. The Bertz CT molecular complexity index is 295. The molecule has 0 saturated carbocycles. The third-order valence-electron chi connectivity index (χ3n) is 1.01. The molecular weight excluding hydrogens is 182 g/mol. The normalized spacial score (nSPS) is 9.50. The highest BCUT2D eigenvalue weighted by molar-refractivity contribution is 6.28. The molecule has 1 aromatic rings. The Morgan fingerprint density at radius 2 is 2.33 bits per heavy atom. The summed E-state index contributed by atoms with van der Waals surface area (Å²) in [6.07, 6.45) is -0.927. The van der Waals surface area contributed by atoms with Gasteiger partial charge in [0.2, 0.25) is 11.2 Å². The number of carbonyl (C=O) groups is 1. The number of hydrogen-bond acceptors (Lipinski definition) is 4. The Morgan fingerprint density at radius 1 is 1.67 bits per heavy atom. The van der Waals surface area contributed by atoms with E-state index in [0.29, 0.717) is 5.69 Å². The molecule has 0 spiro atoms. The molecule has 5 nitrogen and oxygen atoms in total. The molecule has 0 aliphatic rings. The van der Waals surface area contributed by atoms with Gasteiger partial charge < -0.3 is 10.5 Å².